The molecular formula is C21H20N3O6-. The van der Waals surface area contributed by atoms with Gasteiger partial charge in [-0.3, -0.25) is 14.2 Å². The molecule has 9 nitrogen and oxygen atoms in total. The summed E-state index contributed by atoms with van der Waals surface area (Å²) in [6, 6.07) is 10.7. The summed E-state index contributed by atoms with van der Waals surface area (Å²) in [5, 5.41) is 14.2. The molecule has 1 N–H and O–H groups in total. The number of carbonyl (C=O) groups excluding carboxylic acids is 2. The number of carboxylic acid groups (broad SMARTS) is 1. The Bertz CT molecular complexity index is 1140. The number of nitrogens with one attached hydrogen (secondary N) is 1. The van der Waals surface area contributed by atoms with Crippen LogP contribution in [0.25, 0.3) is 10.9 Å². The third-order valence-electron chi connectivity index (χ3n) is 4.56. The van der Waals surface area contributed by atoms with Crippen molar-refractivity contribution in [3.63, 3.8) is 0 Å². The molecule has 156 valence electrons. The van der Waals surface area contributed by atoms with Crippen LogP contribution in [0.4, 0.5) is 0 Å². The van der Waals surface area contributed by atoms with Gasteiger partial charge < -0.3 is 24.7 Å². The number of ether oxygens (including phenoxy) is 2. The number of hydrogen-bond donors (Lipinski definition) is 1. The third kappa shape index (κ3) is 4.57. The molecule has 0 aliphatic rings. The lowest BCUT2D eigenvalue weighted by molar-refractivity contribution is -0.306. The maximum atomic E-state index is 12.6. The highest BCUT2D eigenvalue weighted by molar-refractivity contribution is 5.79. The molecule has 0 saturated carbocycles. The fourth-order valence-electron chi connectivity index (χ4n) is 3.10. The smallest absolute Gasteiger partial charge is 0.261 e. The van der Waals surface area contributed by atoms with Gasteiger partial charge in [-0.05, 0) is 29.8 Å². The molecule has 1 aromatic heterocycles. The Morgan fingerprint density at radius 1 is 1.13 bits per heavy atom. The number of methoxy groups -OCH3 is 2. The van der Waals surface area contributed by atoms with Gasteiger partial charge in [0.2, 0.25) is 5.91 Å². The Kier molecular flexibility index (Phi) is 6.31. The number of aromatic nitrogens is 2. The molecule has 0 fully saturated rings. The van der Waals surface area contributed by atoms with Crippen molar-refractivity contribution in [2.24, 2.45) is 0 Å². The zero-order valence-electron chi connectivity index (χ0n) is 16.5. The van der Waals surface area contributed by atoms with Crippen LogP contribution < -0.4 is 25.5 Å². The van der Waals surface area contributed by atoms with Gasteiger partial charge in [-0.25, -0.2) is 4.98 Å². The highest BCUT2D eigenvalue weighted by atomic mass is 16.5. The topological polar surface area (TPSA) is 123 Å². The molecule has 1 heterocycles. The van der Waals surface area contributed by atoms with Crippen molar-refractivity contribution in [3.05, 3.63) is 64.7 Å². The van der Waals surface area contributed by atoms with Crippen LogP contribution in [0, 0.1) is 0 Å². The second kappa shape index (κ2) is 9.08. The number of carbonyl (C=O) groups is 2. The summed E-state index contributed by atoms with van der Waals surface area (Å²) < 4.78 is 11.6. The normalized spacial score (nSPS) is 11.7. The van der Waals surface area contributed by atoms with Gasteiger partial charge in [-0.2, -0.15) is 0 Å². The molecule has 0 radical (unpaired) electrons. The van der Waals surface area contributed by atoms with Gasteiger partial charge in [0.1, 0.15) is 6.54 Å². The molecule has 3 aromatic rings. The lowest BCUT2D eigenvalue weighted by Gasteiger charge is -2.21. The molecule has 0 aliphatic carbocycles. The van der Waals surface area contributed by atoms with Crippen LogP contribution >= 0.6 is 0 Å². The van der Waals surface area contributed by atoms with Crippen LogP contribution in [0.2, 0.25) is 0 Å². The minimum Gasteiger partial charge on any atom is -0.550 e. The van der Waals surface area contributed by atoms with Crippen molar-refractivity contribution in [2.45, 2.75) is 19.0 Å². The summed E-state index contributed by atoms with van der Waals surface area (Å²) in [7, 11) is 2.93. The Morgan fingerprint density at radius 3 is 2.57 bits per heavy atom. The van der Waals surface area contributed by atoms with Crippen molar-refractivity contribution in [3.8, 4) is 11.5 Å². The van der Waals surface area contributed by atoms with Crippen molar-refractivity contribution in [1.29, 1.82) is 0 Å². The standard InChI is InChI=1S/C21H21N3O6/c1-29-17-8-7-13(9-18(17)30-2)16(10-20(26)27)23-19(25)11-24-12-22-15-6-4-3-5-14(15)21(24)28/h3-9,12,16H,10-11H2,1-2H3,(H,23,25)(H,26,27)/p-1/t16-/m0/s1. The Balaban J connectivity index is 1.83. The van der Waals surface area contributed by atoms with Crippen molar-refractivity contribution < 1.29 is 24.2 Å². The van der Waals surface area contributed by atoms with Gasteiger partial charge in [-0.1, -0.05) is 18.2 Å². The summed E-state index contributed by atoms with van der Waals surface area (Å²) in [6.07, 6.45) is 0.834. The Hall–Kier alpha value is -3.88. The Labute approximate surface area is 171 Å². The van der Waals surface area contributed by atoms with Crippen molar-refractivity contribution >= 4 is 22.8 Å². The number of para-hydroxylation sites is 1. The summed E-state index contributed by atoms with van der Waals surface area (Å²) in [5.74, 6) is -1.02. The van der Waals surface area contributed by atoms with Crippen molar-refractivity contribution in [2.75, 3.05) is 14.2 Å². The van der Waals surface area contributed by atoms with E-state index in [2.05, 4.69) is 10.3 Å². The van der Waals surface area contributed by atoms with E-state index in [1.807, 2.05) is 0 Å². The SMILES string of the molecule is COc1ccc([C@H](CC(=O)[O-])NC(=O)Cn2cnc3ccccc3c2=O)cc1OC. The third-order valence-corrected chi connectivity index (χ3v) is 4.56. The minimum absolute atomic E-state index is 0.312. The first-order valence-corrected chi connectivity index (χ1v) is 9.08. The monoisotopic (exact) mass is 410 g/mol. The van der Waals surface area contributed by atoms with E-state index in [0.717, 1.165) is 0 Å². The molecule has 30 heavy (non-hydrogen) atoms. The lowest BCUT2D eigenvalue weighted by atomic mass is 10.0. The summed E-state index contributed by atoms with van der Waals surface area (Å²) in [6.45, 7) is -0.312. The van der Waals surface area contributed by atoms with Crippen LogP contribution in [0.3, 0.4) is 0 Å². The maximum Gasteiger partial charge on any atom is 0.261 e. The molecule has 0 bridgehead atoms. The molecule has 1 amide bonds. The highest BCUT2D eigenvalue weighted by Crippen LogP contribution is 2.30. The average molecular weight is 410 g/mol. The predicted octanol–water partition coefficient (Wildman–Crippen LogP) is 0.411. The number of benzene rings is 2. The van der Waals surface area contributed by atoms with Gasteiger partial charge in [0.05, 0.1) is 37.5 Å². The van der Waals surface area contributed by atoms with Crippen molar-refractivity contribution in [1.82, 2.24) is 14.9 Å². The number of aliphatic carboxylic acids is 1. The van der Waals surface area contributed by atoms with E-state index in [0.29, 0.717) is 28.0 Å². The number of nitrogens with zero attached hydrogens (tertiary/aromatic N) is 2. The number of fused-ring (bicyclic) bond motifs is 1. The molecule has 9 heteroatoms. The molecular weight excluding hydrogens is 390 g/mol. The second-order valence-corrected chi connectivity index (χ2v) is 6.51. The first-order chi connectivity index (χ1) is 14.4. The van der Waals surface area contributed by atoms with E-state index < -0.39 is 24.3 Å². The zero-order chi connectivity index (χ0) is 21.7. The van der Waals surface area contributed by atoms with Crippen LogP contribution in [0.15, 0.2) is 53.6 Å². The fourth-order valence-corrected chi connectivity index (χ4v) is 3.10. The van der Waals surface area contributed by atoms with Crippen LogP contribution in [0.1, 0.15) is 18.0 Å². The van der Waals surface area contributed by atoms with E-state index in [9.17, 15) is 19.5 Å². The predicted molar refractivity (Wildman–Crippen MR) is 106 cm³/mol. The number of rotatable bonds is 8. The molecule has 0 saturated heterocycles. The van der Waals surface area contributed by atoms with Gasteiger partial charge in [0.15, 0.2) is 11.5 Å². The van der Waals surface area contributed by atoms with E-state index >= 15 is 0 Å². The van der Waals surface area contributed by atoms with Gasteiger partial charge in [0, 0.05) is 12.4 Å². The van der Waals surface area contributed by atoms with Gasteiger partial charge in [0.25, 0.3) is 5.56 Å². The summed E-state index contributed by atoms with van der Waals surface area (Å²) in [4.78, 5) is 40.5. The Morgan fingerprint density at radius 2 is 1.87 bits per heavy atom. The highest BCUT2D eigenvalue weighted by Gasteiger charge is 2.18. The average Bonchev–Trinajstić information content (AvgIpc) is 2.74. The molecule has 0 unspecified atom stereocenters. The fraction of sp³-hybridized carbons (Fsp3) is 0.238. The van der Waals surface area contributed by atoms with E-state index in [-0.39, 0.29) is 12.1 Å². The molecule has 3 rings (SSSR count). The second-order valence-electron chi connectivity index (χ2n) is 6.51. The van der Waals surface area contributed by atoms with E-state index in [1.54, 1.807) is 42.5 Å². The number of amides is 1. The molecule has 2 aromatic carbocycles. The first-order valence-electron chi connectivity index (χ1n) is 9.08. The van der Waals surface area contributed by atoms with E-state index in [4.69, 9.17) is 9.47 Å². The summed E-state index contributed by atoms with van der Waals surface area (Å²) in [5.41, 5.74) is 0.659. The van der Waals surface area contributed by atoms with Gasteiger partial charge in [-0.15, -0.1) is 0 Å². The quantitative estimate of drug-likeness (QED) is 0.571. The largest absolute Gasteiger partial charge is 0.550 e. The van der Waals surface area contributed by atoms with E-state index in [1.165, 1.54) is 25.1 Å². The summed E-state index contributed by atoms with van der Waals surface area (Å²) >= 11 is 0. The molecule has 0 spiro atoms. The number of carboxylic acids is 1. The first kappa shape index (κ1) is 20.8. The van der Waals surface area contributed by atoms with Crippen LogP contribution in [-0.2, 0) is 16.1 Å². The van der Waals surface area contributed by atoms with Gasteiger partial charge >= 0.3 is 0 Å². The van der Waals surface area contributed by atoms with Crippen LogP contribution in [-0.4, -0.2) is 35.6 Å². The maximum absolute atomic E-state index is 12.6. The molecule has 1 atom stereocenters. The lowest BCUT2D eigenvalue weighted by Crippen LogP contribution is -2.37. The van der Waals surface area contributed by atoms with Crippen LogP contribution in [0.5, 0.6) is 11.5 Å². The number of hydrogen-bond acceptors (Lipinski definition) is 7. The molecule has 0 aliphatic heterocycles. The minimum atomic E-state index is -1.33. The zero-order valence-corrected chi connectivity index (χ0v) is 16.5.